The van der Waals surface area contributed by atoms with Crippen LogP contribution in [0.4, 0.5) is 11.4 Å². The molecular weight excluding hydrogens is 548 g/mol. The highest BCUT2D eigenvalue weighted by atomic mass is 16.5. The molecule has 0 fully saturated rings. The second-order valence-corrected chi connectivity index (χ2v) is 12.2. The van der Waals surface area contributed by atoms with Crippen molar-refractivity contribution in [2.24, 2.45) is 0 Å². The van der Waals surface area contributed by atoms with E-state index in [1.165, 1.54) is 89.9 Å². The third-order valence-corrected chi connectivity index (χ3v) is 8.28. The Hall–Kier alpha value is -3.02. The van der Waals surface area contributed by atoms with Crippen LogP contribution in [0.25, 0.3) is 11.1 Å². The quantitative estimate of drug-likeness (QED) is 0.0660. The predicted molar refractivity (Wildman–Crippen MR) is 185 cm³/mol. The Kier molecular flexibility index (Phi) is 19.7. The Labute approximate surface area is 267 Å². The molecule has 6 heteroatoms. The fourth-order valence-corrected chi connectivity index (χ4v) is 5.60. The first-order valence-corrected chi connectivity index (χ1v) is 17.6. The summed E-state index contributed by atoms with van der Waals surface area (Å²) in [6, 6.07) is 10.2. The minimum atomic E-state index is -0.440. The van der Waals surface area contributed by atoms with Crippen LogP contribution in [-0.2, 0) is 9.47 Å². The molecule has 0 aliphatic heterocycles. The average Bonchev–Trinajstić information content (AvgIpc) is 3.02. The Morgan fingerprint density at radius 3 is 1.09 bits per heavy atom. The summed E-state index contributed by atoms with van der Waals surface area (Å²) in [6.07, 6.45) is 24.3. The highest BCUT2D eigenvalue weighted by Crippen LogP contribution is 2.31. The lowest BCUT2D eigenvalue weighted by Crippen LogP contribution is -2.12. The Bertz CT molecular complexity index is 999. The Morgan fingerprint density at radius 1 is 0.477 bits per heavy atom. The van der Waals surface area contributed by atoms with E-state index < -0.39 is 11.9 Å². The lowest BCUT2D eigenvalue weighted by atomic mass is 9.94. The van der Waals surface area contributed by atoms with Gasteiger partial charge in [0.05, 0.1) is 24.3 Å². The zero-order valence-corrected chi connectivity index (χ0v) is 27.8. The van der Waals surface area contributed by atoms with E-state index in [2.05, 4.69) is 13.8 Å². The van der Waals surface area contributed by atoms with Crippen molar-refractivity contribution in [2.45, 2.75) is 142 Å². The molecule has 0 aromatic heterocycles. The molecule has 0 unspecified atom stereocenters. The molecule has 0 saturated carbocycles. The largest absolute Gasteiger partial charge is 0.462 e. The highest BCUT2D eigenvalue weighted by Gasteiger charge is 2.21. The van der Waals surface area contributed by atoms with Crippen molar-refractivity contribution in [3.05, 3.63) is 47.5 Å². The number of anilines is 2. The number of nitrogen functional groups attached to an aromatic ring is 2. The fourth-order valence-electron chi connectivity index (χ4n) is 5.60. The van der Waals surface area contributed by atoms with Crippen LogP contribution in [0.15, 0.2) is 36.4 Å². The van der Waals surface area contributed by atoms with Gasteiger partial charge in [-0.15, -0.1) is 0 Å². The lowest BCUT2D eigenvalue weighted by Gasteiger charge is -2.15. The van der Waals surface area contributed by atoms with Crippen LogP contribution in [0.3, 0.4) is 0 Å². The van der Waals surface area contributed by atoms with Crippen molar-refractivity contribution in [3.63, 3.8) is 0 Å². The molecule has 2 aromatic rings. The van der Waals surface area contributed by atoms with E-state index in [0.717, 1.165) is 38.5 Å². The summed E-state index contributed by atoms with van der Waals surface area (Å²) in [7, 11) is 0. The van der Waals surface area contributed by atoms with Gasteiger partial charge in [-0.3, -0.25) is 0 Å². The van der Waals surface area contributed by atoms with E-state index in [1.54, 1.807) is 36.4 Å². The SMILES string of the molecule is CCCCCCCCCCCCOC(=O)c1cc(N)ccc1-c1ccc(N)cc1C(=O)OCCCCCCCCCCCC. The number of hydrogen-bond acceptors (Lipinski definition) is 6. The molecule has 0 aliphatic rings. The maximum absolute atomic E-state index is 13.2. The molecule has 0 heterocycles. The molecule has 0 saturated heterocycles. The fraction of sp³-hybridized carbons (Fsp3) is 0.632. The first kappa shape index (κ1) is 37.2. The predicted octanol–water partition coefficient (Wildman–Crippen LogP) is 10.7. The van der Waals surface area contributed by atoms with Crippen LogP contribution in [0.2, 0.25) is 0 Å². The van der Waals surface area contributed by atoms with Crippen LogP contribution < -0.4 is 11.5 Å². The molecule has 0 bridgehead atoms. The molecular formula is C38H60N2O4. The number of hydrogen-bond donors (Lipinski definition) is 2. The first-order valence-electron chi connectivity index (χ1n) is 17.6. The van der Waals surface area contributed by atoms with Gasteiger partial charge in [-0.05, 0) is 48.2 Å². The van der Waals surface area contributed by atoms with Gasteiger partial charge in [0.25, 0.3) is 0 Å². The second kappa shape index (κ2) is 23.4. The molecule has 0 atom stereocenters. The molecule has 246 valence electrons. The molecule has 0 amide bonds. The van der Waals surface area contributed by atoms with Crippen LogP contribution in [0.1, 0.15) is 163 Å². The zero-order valence-electron chi connectivity index (χ0n) is 27.8. The zero-order chi connectivity index (χ0) is 31.8. The van der Waals surface area contributed by atoms with E-state index >= 15 is 0 Å². The van der Waals surface area contributed by atoms with Gasteiger partial charge in [-0.25, -0.2) is 9.59 Å². The molecule has 0 radical (unpaired) electrons. The number of benzene rings is 2. The van der Waals surface area contributed by atoms with Gasteiger partial charge in [0.1, 0.15) is 0 Å². The number of nitrogens with two attached hydrogens (primary N) is 2. The van der Waals surface area contributed by atoms with Crippen molar-refractivity contribution >= 4 is 23.3 Å². The van der Waals surface area contributed by atoms with Gasteiger partial charge in [0, 0.05) is 11.4 Å². The standard InChI is InChI=1S/C38H60N2O4/c1-3-5-7-9-11-13-15-17-19-21-27-43-37(41)35-29-31(39)23-25-33(35)34-26-24-32(40)30-36(34)38(42)44-28-22-20-18-16-14-12-10-8-6-4-2/h23-26,29-30H,3-22,27-28,39-40H2,1-2H3. The monoisotopic (exact) mass is 608 g/mol. The van der Waals surface area contributed by atoms with Gasteiger partial charge < -0.3 is 20.9 Å². The lowest BCUT2D eigenvalue weighted by molar-refractivity contribution is 0.0486. The first-order chi connectivity index (χ1) is 21.5. The van der Waals surface area contributed by atoms with Crippen molar-refractivity contribution in [2.75, 3.05) is 24.7 Å². The molecule has 0 spiro atoms. The van der Waals surface area contributed by atoms with Crippen LogP contribution >= 0.6 is 0 Å². The summed E-state index contributed by atoms with van der Waals surface area (Å²) < 4.78 is 11.3. The number of rotatable bonds is 25. The number of unbranched alkanes of at least 4 members (excludes halogenated alkanes) is 18. The number of carbonyl (C=O) groups is 2. The smallest absolute Gasteiger partial charge is 0.338 e. The molecule has 44 heavy (non-hydrogen) atoms. The molecule has 4 N–H and O–H groups in total. The summed E-state index contributed by atoms with van der Waals surface area (Å²) in [4.78, 5) is 26.3. The summed E-state index contributed by atoms with van der Waals surface area (Å²) in [6.45, 7) is 5.21. The Morgan fingerprint density at radius 2 is 0.773 bits per heavy atom. The molecule has 6 nitrogen and oxygen atoms in total. The highest BCUT2D eigenvalue weighted by molar-refractivity contribution is 6.04. The van der Waals surface area contributed by atoms with E-state index in [-0.39, 0.29) is 0 Å². The maximum atomic E-state index is 13.2. The van der Waals surface area contributed by atoms with Crippen LogP contribution in [0.5, 0.6) is 0 Å². The summed E-state index contributed by atoms with van der Waals surface area (Å²) in [5.74, 6) is -0.880. The summed E-state index contributed by atoms with van der Waals surface area (Å²) in [5, 5.41) is 0. The van der Waals surface area contributed by atoms with E-state index in [9.17, 15) is 9.59 Å². The third-order valence-electron chi connectivity index (χ3n) is 8.28. The summed E-state index contributed by atoms with van der Waals surface area (Å²) >= 11 is 0. The normalized spacial score (nSPS) is 11.0. The summed E-state index contributed by atoms with van der Waals surface area (Å²) in [5.41, 5.74) is 14.9. The number of carbonyl (C=O) groups excluding carboxylic acids is 2. The molecule has 0 aliphatic carbocycles. The van der Waals surface area contributed by atoms with E-state index in [4.69, 9.17) is 20.9 Å². The van der Waals surface area contributed by atoms with E-state index in [0.29, 0.717) is 46.8 Å². The van der Waals surface area contributed by atoms with Crippen molar-refractivity contribution < 1.29 is 19.1 Å². The second-order valence-electron chi connectivity index (χ2n) is 12.2. The van der Waals surface area contributed by atoms with Crippen LogP contribution in [-0.4, -0.2) is 25.2 Å². The maximum Gasteiger partial charge on any atom is 0.338 e. The van der Waals surface area contributed by atoms with Gasteiger partial charge in [0.15, 0.2) is 0 Å². The van der Waals surface area contributed by atoms with Gasteiger partial charge in [-0.2, -0.15) is 0 Å². The van der Waals surface area contributed by atoms with Gasteiger partial charge in [-0.1, -0.05) is 142 Å². The number of ether oxygens (including phenoxy) is 2. The average molecular weight is 609 g/mol. The third kappa shape index (κ3) is 15.1. The van der Waals surface area contributed by atoms with Gasteiger partial charge >= 0.3 is 11.9 Å². The topological polar surface area (TPSA) is 105 Å². The van der Waals surface area contributed by atoms with Crippen molar-refractivity contribution in [1.29, 1.82) is 0 Å². The Balaban J connectivity index is 1.86. The molecule has 2 rings (SSSR count). The minimum absolute atomic E-state index is 0.339. The van der Waals surface area contributed by atoms with Crippen molar-refractivity contribution in [3.8, 4) is 11.1 Å². The number of esters is 2. The van der Waals surface area contributed by atoms with E-state index in [1.807, 2.05) is 0 Å². The minimum Gasteiger partial charge on any atom is -0.462 e. The van der Waals surface area contributed by atoms with Gasteiger partial charge in [0.2, 0.25) is 0 Å². The van der Waals surface area contributed by atoms with Crippen LogP contribution in [0, 0.1) is 0 Å². The van der Waals surface area contributed by atoms with Crippen molar-refractivity contribution in [1.82, 2.24) is 0 Å². The molecule has 2 aromatic carbocycles.